The molecule has 0 aromatic rings. The van der Waals surface area contributed by atoms with Crippen molar-refractivity contribution in [1.82, 2.24) is 0 Å². The number of hydrogen-bond donors (Lipinski definition) is 0. The Balaban J connectivity index is -0.000000569. The van der Waals surface area contributed by atoms with E-state index < -0.39 is 11.4 Å². The second kappa shape index (κ2) is 25.3. The summed E-state index contributed by atoms with van der Waals surface area (Å²) in [5, 5.41) is 0. The van der Waals surface area contributed by atoms with Crippen molar-refractivity contribution >= 4 is 59.5 Å². The molecule has 0 heterocycles. The molecule has 0 radical (unpaired) electrons. The Bertz CT molecular complexity index is 480. The predicted octanol–water partition coefficient (Wildman–Crippen LogP) is 9.32. The quantitative estimate of drug-likeness (QED) is 0.0559. The Morgan fingerprint density at radius 1 is 0.486 bits per heavy atom. The van der Waals surface area contributed by atoms with Crippen molar-refractivity contribution in [2.45, 2.75) is 107 Å². The van der Waals surface area contributed by atoms with Gasteiger partial charge in [0.25, 0.3) is 0 Å². The van der Waals surface area contributed by atoms with E-state index in [1.54, 1.807) is 0 Å². The maximum atomic E-state index is 5.51. The number of hydrogen-bond acceptors (Lipinski definition) is 8. The molecule has 11 heteroatoms. The fraction of sp³-hybridized carbons (Fsp3) is 1.00. The molecule has 0 bridgehead atoms. The summed E-state index contributed by atoms with van der Waals surface area (Å²) in [5.74, 6) is 2.81. The van der Waals surface area contributed by atoms with Gasteiger partial charge in [-0.2, -0.15) is 0 Å². The topological polar surface area (TPSA) is 36.9 Å². The normalized spacial score (nSPS) is 12.3. The summed E-state index contributed by atoms with van der Waals surface area (Å²) in [6.07, 6.45) is 8.67. The molecule has 0 atom stereocenters. The zero-order valence-corrected chi connectivity index (χ0v) is 29.5. The van der Waals surface area contributed by atoms with Crippen LogP contribution in [0.1, 0.15) is 107 Å². The monoisotopic (exact) mass is 650 g/mol. The van der Waals surface area contributed by atoms with E-state index in [4.69, 9.17) is 66.2 Å². The molecule has 0 saturated carbocycles. The second-order valence-corrected chi connectivity index (χ2v) is 20.3. The Kier molecular flexibility index (Phi) is 30.3. The summed E-state index contributed by atoms with van der Waals surface area (Å²) in [4.78, 5) is 0. The van der Waals surface area contributed by atoms with Gasteiger partial charge in [-0.3, -0.25) is 0 Å². The largest absolute Gasteiger partial charge is 2.00 e. The molecule has 0 amide bonds. The molecule has 0 spiro atoms. The van der Waals surface area contributed by atoms with Gasteiger partial charge in [0.05, 0.1) is 37.8 Å². The average molecular weight is 651 g/mol. The van der Waals surface area contributed by atoms with Gasteiger partial charge in [-0.25, -0.2) is 0 Å². The van der Waals surface area contributed by atoms with Gasteiger partial charge in [0.15, 0.2) is 0 Å². The second-order valence-electron chi connectivity index (χ2n) is 10.4. The minimum atomic E-state index is -2.40. The van der Waals surface area contributed by atoms with Gasteiger partial charge in [-0.15, -0.1) is 0 Å². The van der Waals surface area contributed by atoms with E-state index in [-0.39, 0.29) is 17.1 Å². The minimum absolute atomic E-state index is 0. The zero-order chi connectivity index (χ0) is 26.6. The van der Waals surface area contributed by atoms with Crippen LogP contribution in [-0.4, -0.2) is 26.4 Å². The molecule has 0 aromatic heterocycles. The average Bonchev–Trinajstić information content (AvgIpc) is 2.69. The molecule has 0 aromatic carbocycles. The standard InChI is InChI=1S/2C12H27O2PS2.Fe/c2*1-11(2)7-5-9-13-15(16,17)14-10-6-8-12(3)4;/h2*11-12H,5-10H2,1-4H3,(H,16,17);/q;;+2/p-2. The van der Waals surface area contributed by atoms with Crippen LogP contribution in [0.15, 0.2) is 0 Å². The Labute approximate surface area is 250 Å². The first-order valence-electron chi connectivity index (χ1n) is 12.9. The molecule has 0 saturated heterocycles. The van der Waals surface area contributed by atoms with Crippen LogP contribution in [0.4, 0.5) is 0 Å². The van der Waals surface area contributed by atoms with Crippen molar-refractivity contribution in [3.8, 4) is 0 Å². The van der Waals surface area contributed by atoms with E-state index in [9.17, 15) is 0 Å². The smallest absolute Gasteiger partial charge is 0.691 e. The third kappa shape index (κ3) is 36.4. The Hall–Kier alpha value is 2.36. The predicted molar refractivity (Wildman–Crippen MR) is 163 cm³/mol. The molecule has 4 nitrogen and oxygen atoms in total. The summed E-state index contributed by atoms with van der Waals surface area (Å²) in [6.45, 7) is 20.2. The van der Waals surface area contributed by atoms with E-state index in [2.05, 4.69) is 55.4 Å². The van der Waals surface area contributed by atoms with Crippen molar-refractivity contribution < 1.29 is 35.2 Å². The molecule has 0 aliphatic heterocycles. The van der Waals surface area contributed by atoms with Gasteiger partial charge < -0.3 is 42.6 Å². The fourth-order valence-electron chi connectivity index (χ4n) is 2.75. The van der Waals surface area contributed by atoms with E-state index in [1.165, 1.54) is 0 Å². The first-order chi connectivity index (χ1) is 15.7. The fourth-order valence-corrected chi connectivity index (χ4v) is 6.10. The molecule has 0 fully saturated rings. The third-order valence-electron chi connectivity index (χ3n) is 4.70. The van der Waals surface area contributed by atoms with Crippen LogP contribution in [0, 0.1) is 23.7 Å². The van der Waals surface area contributed by atoms with E-state index in [0.29, 0.717) is 50.1 Å². The van der Waals surface area contributed by atoms with Crippen LogP contribution in [-0.2, 0) is 83.3 Å². The molecule has 0 N–H and O–H groups in total. The molecule has 0 aliphatic rings. The SMILES string of the molecule is CC(C)CCCOP(=S)([S-])OCCCC(C)C.CC(C)CCCOP(=S)([S-])OCCCC(C)C.[Fe+2]. The summed E-state index contributed by atoms with van der Waals surface area (Å²) in [7, 11) is 0. The van der Waals surface area contributed by atoms with Crippen LogP contribution in [0.3, 0.4) is 0 Å². The molecule has 0 unspecified atom stereocenters. The first kappa shape index (κ1) is 41.8. The van der Waals surface area contributed by atoms with Gasteiger partial charge in [0, 0.05) is 0 Å². The van der Waals surface area contributed by atoms with Crippen molar-refractivity contribution in [3.63, 3.8) is 0 Å². The van der Waals surface area contributed by atoms with Crippen molar-refractivity contribution in [3.05, 3.63) is 0 Å². The number of rotatable bonds is 20. The van der Waals surface area contributed by atoms with Crippen LogP contribution in [0.25, 0.3) is 0 Å². The van der Waals surface area contributed by atoms with Gasteiger partial charge in [0.2, 0.25) is 0 Å². The summed E-state index contributed by atoms with van der Waals surface area (Å²) in [5.41, 5.74) is -4.79. The maximum absolute atomic E-state index is 5.51. The molecular formula is C24H52FeO4P2S4. The summed E-state index contributed by atoms with van der Waals surface area (Å²) < 4.78 is 22.0. The first-order valence-corrected chi connectivity index (χ1v) is 20.2. The zero-order valence-electron chi connectivity index (χ0n) is 23.3. The Morgan fingerprint density at radius 3 is 0.800 bits per heavy atom. The minimum Gasteiger partial charge on any atom is -0.691 e. The summed E-state index contributed by atoms with van der Waals surface area (Å²) in [6, 6.07) is 0. The molecule has 214 valence electrons. The van der Waals surface area contributed by atoms with Gasteiger partial charge >= 0.3 is 17.1 Å². The van der Waals surface area contributed by atoms with Crippen LogP contribution in [0.2, 0.25) is 0 Å². The third-order valence-corrected chi connectivity index (χ3v) is 9.23. The van der Waals surface area contributed by atoms with Gasteiger partial charge in [0.1, 0.15) is 0 Å². The Morgan fingerprint density at radius 2 is 0.657 bits per heavy atom. The molecule has 0 rings (SSSR count). The van der Waals surface area contributed by atoms with Crippen LogP contribution >= 0.6 is 11.4 Å². The molecule has 35 heavy (non-hydrogen) atoms. The van der Waals surface area contributed by atoms with Gasteiger partial charge in [-0.1, -0.05) is 79.0 Å². The summed E-state index contributed by atoms with van der Waals surface area (Å²) >= 11 is 20.7. The van der Waals surface area contributed by atoms with Gasteiger partial charge in [-0.05, 0) is 75.0 Å². The maximum Gasteiger partial charge on any atom is 2.00 e. The molecular weight excluding hydrogens is 598 g/mol. The van der Waals surface area contributed by atoms with E-state index in [0.717, 1.165) is 51.4 Å². The van der Waals surface area contributed by atoms with E-state index in [1.807, 2.05) is 0 Å². The van der Waals surface area contributed by atoms with Crippen LogP contribution in [0.5, 0.6) is 0 Å². The van der Waals surface area contributed by atoms with Crippen LogP contribution < -0.4 is 0 Å². The van der Waals surface area contributed by atoms with E-state index >= 15 is 0 Å². The molecule has 0 aliphatic carbocycles. The van der Waals surface area contributed by atoms with Crippen molar-refractivity contribution in [1.29, 1.82) is 0 Å². The van der Waals surface area contributed by atoms with Crippen molar-refractivity contribution in [2.75, 3.05) is 26.4 Å². The van der Waals surface area contributed by atoms with Crippen molar-refractivity contribution in [2.24, 2.45) is 23.7 Å².